The summed E-state index contributed by atoms with van der Waals surface area (Å²) in [6.45, 7) is 2.02. The normalized spacial score (nSPS) is 11.2. The average molecular weight is 306 g/mol. The zero-order chi connectivity index (χ0) is 16.0. The number of rotatable bonds is 2. The fourth-order valence-electron chi connectivity index (χ4n) is 2.68. The lowest BCUT2D eigenvalue weighted by Crippen LogP contribution is -2.14. The first-order chi connectivity index (χ1) is 11.2. The van der Waals surface area contributed by atoms with Crippen molar-refractivity contribution in [2.24, 2.45) is 0 Å². The summed E-state index contributed by atoms with van der Waals surface area (Å²) in [5, 5.41) is 4.64. The van der Waals surface area contributed by atoms with Crippen molar-refractivity contribution >= 4 is 21.8 Å². The first-order valence-corrected chi connectivity index (χ1v) is 7.18. The molecule has 0 spiro atoms. The molecule has 0 unspecified atom stereocenters. The predicted octanol–water partition coefficient (Wildman–Crippen LogP) is 2.58. The van der Waals surface area contributed by atoms with Gasteiger partial charge in [0.05, 0.1) is 35.4 Å². The number of nitrogens with zero attached hydrogens (tertiary/aromatic N) is 3. The van der Waals surface area contributed by atoms with Crippen molar-refractivity contribution in [3.63, 3.8) is 0 Å². The second-order valence-corrected chi connectivity index (χ2v) is 5.38. The third-order valence-corrected chi connectivity index (χ3v) is 3.87. The number of fused-ring (bicyclic) bond motifs is 3. The van der Waals surface area contributed by atoms with Gasteiger partial charge in [0, 0.05) is 17.6 Å². The molecule has 1 aromatic carbocycles. The number of aromatic amines is 1. The minimum Gasteiger partial charge on any atom is -0.481 e. The van der Waals surface area contributed by atoms with Gasteiger partial charge in [0.1, 0.15) is 0 Å². The average Bonchev–Trinajstić information content (AvgIpc) is 2.92. The molecule has 4 rings (SSSR count). The molecule has 0 saturated carbocycles. The molecule has 0 amide bonds. The summed E-state index contributed by atoms with van der Waals surface area (Å²) in [5.41, 5.74) is 3.26. The highest BCUT2D eigenvalue weighted by molar-refractivity contribution is 6.02. The number of hydrogen-bond donors (Lipinski definition) is 1. The predicted molar refractivity (Wildman–Crippen MR) is 88.3 cm³/mol. The van der Waals surface area contributed by atoms with Crippen LogP contribution in [0.1, 0.15) is 5.56 Å². The molecule has 0 bridgehead atoms. The molecular weight excluding hydrogens is 292 g/mol. The SMILES string of the molecule is COc1ccc(-n2[nH]c3c(cnc4cc(C)ccc43)c2=O)cn1. The van der Waals surface area contributed by atoms with E-state index >= 15 is 0 Å². The van der Waals surface area contributed by atoms with Crippen molar-refractivity contribution in [3.8, 4) is 11.6 Å². The van der Waals surface area contributed by atoms with Crippen LogP contribution < -0.4 is 10.3 Å². The van der Waals surface area contributed by atoms with E-state index in [0.29, 0.717) is 17.0 Å². The monoisotopic (exact) mass is 306 g/mol. The molecule has 3 heterocycles. The number of methoxy groups -OCH3 is 1. The van der Waals surface area contributed by atoms with E-state index in [0.717, 1.165) is 22.0 Å². The fraction of sp³-hybridized carbons (Fsp3) is 0.118. The highest BCUT2D eigenvalue weighted by Gasteiger charge is 2.12. The molecule has 3 aromatic heterocycles. The standard InChI is InChI=1S/C17H14N4O2/c1-10-3-5-12-14(7-10)18-9-13-16(12)20-21(17(13)22)11-4-6-15(23-2)19-8-11/h3-9,20H,1-2H3. The van der Waals surface area contributed by atoms with Crippen LogP contribution in [0, 0.1) is 6.92 Å². The van der Waals surface area contributed by atoms with Crippen molar-refractivity contribution in [1.29, 1.82) is 0 Å². The summed E-state index contributed by atoms with van der Waals surface area (Å²) in [6.07, 6.45) is 3.21. The number of ether oxygens (including phenoxy) is 1. The molecule has 4 aromatic rings. The zero-order valence-electron chi connectivity index (χ0n) is 12.7. The van der Waals surface area contributed by atoms with Crippen LogP contribution >= 0.6 is 0 Å². The van der Waals surface area contributed by atoms with Crippen LogP contribution in [-0.2, 0) is 0 Å². The van der Waals surface area contributed by atoms with E-state index < -0.39 is 0 Å². The molecule has 0 aliphatic rings. The molecule has 0 atom stereocenters. The van der Waals surface area contributed by atoms with E-state index in [-0.39, 0.29) is 5.56 Å². The van der Waals surface area contributed by atoms with Crippen molar-refractivity contribution in [1.82, 2.24) is 19.7 Å². The highest BCUT2D eigenvalue weighted by Crippen LogP contribution is 2.22. The van der Waals surface area contributed by atoms with Crippen LogP contribution in [0.15, 0.2) is 47.5 Å². The van der Waals surface area contributed by atoms with Gasteiger partial charge >= 0.3 is 0 Å². The minimum atomic E-state index is -0.151. The largest absolute Gasteiger partial charge is 0.481 e. The van der Waals surface area contributed by atoms with Gasteiger partial charge in [-0.15, -0.1) is 0 Å². The van der Waals surface area contributed by atoms with Gasteiger partial charge in [0.2, 0.25) is 5.88 Å². The van der Waals surface area contributed by atoms with Gasteiger partial charge in [-0.1, -0.05) is 12.1 Å². The molecule has 0 aliphatic carbocycles. The molecule has 0 aliphatic heterocycles. The maximum absolute atomic E-state index is 12.6. The molecule has 0 radical (unpaired) electrons. The van der Waals surface area contributed by atoms with Gasteiger partial charge < -0.3 is 4.74 Å². The van der Waals surface area contributed by atoms with Crippen LogP contribution in [-0.4, -0.2) is 26.9 Å². The van der Waals surface area contributed by atoms with Crippen molar-refractivity contribution in [3.05, 3.63) is 58.6 Å². The number of aromatic nitrogens is 4. The lowest BCUT2D eigenvalue weighted by molar-refractivity contribution is 0.397. The summed E-state index contributed by atoms with van der Waals surface area (Å²) in [6, 6.07) is 9.48. The Morgan fingerprint density at radius 2 is 1.96 bits per heavy atom. The highest BCUT2D eigenvalue weighted by atomic mass is 16.5. The summed E-state index contributed by atoms with van der Waals surface area (Å²) >= 11 is 0. The number of aryl methyl sites for hydroxylation is 1. The van der Waals surface area contributed by atoms with Gasteiger partial charge in [-0.25, -0.2) is 9.67 Å². The Morgan fingerprint density at radius 1 is 1.09 bits per heavy atom. The van der Waals surface area contributed by atoms with Crippen LogP contribution in [0.5, 0.6) is 5.88 Å². The van der Waals surface area contributed by atoms with E-state index in [2.05, 4.69) is 15.1 Å². The lowest BCUT2D eigenvalue weighted by atomic mass is 10.1. The van der Waals surface area contributed by atoms with Gasteiger partial charge in [0.15, 0.2) is 0 Å². The Balaban J connectivity index is 1.99. The Hall–Kier alpha value is -3.15. The third kappa shape index (κ3) is 2.07. The summed E-state index contributed by atoms with van der Waals surface area (Å²) in [7, 11) is 1.55. The first-order valence-electron chi connectivity index (χ1n) is 7.18. The maximum Gasteiger partial charge on any atom is 0.280 e. The van der Waals surface area contributed by atoms with Crippen molar-refractivity contribution < 1.29 is 4.74 Å². The first kappa shape index (κ1) is 13.5. The van der Waals surface area contributed by atoms with Crippen LogP contribution in [0.3, 0.4) is 0 Å². The van der Waals surface area contributed by atoms with Gasteiger partial charge in [-0.2, -0.15) is 0 Å². The number of pyridine rings is 2. The molecule has 0 saturated heterocycles. The molecule has 6 heteroatoms. The van der Waals surface area contributed by atoms with Crippen LogP contribution in [0.25, 0.3) is 27.5 Å². The van der Waals surface area contributed by atoms with Crippen molar-refractivity contribution in [2.75, 3.05) is 7.11 Å². The Morgan fingerprint density at radius 3 is 2.70 bits per heavy atom. The Kier molecular flexibility index (Phi) is 2.90. The van der Waals surface area contributed by atoms with E-state index in [9.17, 15) is 4.79 Å². The second-order valence-electron chi connectivity index (χ2n) is 5.38. The van der Waals surface area contributed by atoms with E-state index in [1.54, 1.807) is 31.6 Å². The van der Waals surface area contributed by atoms with Gasteiger partial charge in [-0.3, -0.25) is 14.9 Å². The topological polar surface area (TPSA) is 72.8 Å². The smallest absolute Gasteiger partial charge is 0.280 e. The molecule has 0 fully saturated rings. The van der Waals surface area contributed by atoms with E-state index in [4.69, 9.17) is 4.74 Å². The van der Waals surface area contributed by atoms with Crippen LogP contribution in [0.4, 0.5) is 0 Å². The summed E-state index contributed by atoms with van der Waals surface area (Å²) in [4.78, 5) is 21.2. The summed E-state index contributed by atoms with van der Waals surface area (Å²) < 4.78 is 6.51. The molecule has 1 N–H and O–H groups in total. The molecule has 6 nitrogen and oxygen atoms in total. The Bertz CT molecular complexity index is 1080. The quantitative estimate of drug-likeness (QED) is 0.618. The van der Waals surface area contributed by atoms with Crippen LogP contribution in [0.2, 0.25) is 0 Å². The Labute approximate surface area is 131 Å². The fourth-order valence-corrected chi connectivity index (χ4v) is 2.68. The summed E-state index contributed by atoms with van der Waals surface area (Å²) in [5.74, 6) is 0.500. The van der Waals surface area contributed by atoms with Gasteiger partial charge in [0.25, 0.3) is 5.56 Å². The van der Waals surface area contributed by atoms with E-state index in [1.165, 1.54) is 4.68 Å². The molecular formula is C17H14N4O2. The minimum absolute atomic E-state index is 0.151. The number of hydrogen-bond acceptors (Lipinski definition) is 4. The number of H-pyrrole nitrogens is 1. The van der Waals surface area contributed by atoms with E-state index in [1.807, 2.05) is 25.1 Å². The third-order valence-electron chi connectivity index (χ3n) is 3.87. The number of nitrogens with one attached hydrogen (secondary N) is 1. The lowest BCUT2D eigenvalue weighted by Gasteiger charge is -2.02. The second kappa shape index (κ2) is 4.95. The number of benzene rings is 1. The molecule has 114 valence electrons. The maximum atomic E-state index is 12.6. The van der Waals surface area contributed by atoms with Crippen molar-refractivity contribution in [2.45, 2.75) is 6.92 Å². The van der Waals surface area contributed by atoms with Gasteiger partial charge in [-0.05, 0) is 24.6 Å². The molecule has 23 heavy (non-hydrogen) atoms. The zero-order valence-corrected chi connectivity index (χ0v) is 12.7.